The van der Waals surface area contributed by atoms with E-state index >= 15 is 0 Å². The third kappa shape index (κ3) is 5.03. The molecule has 1 aromatic rings. The van der Waals surface area contributed by atoms with Gasteiger partial charge in [-0.1, -0.05) is 11.6 Å². The van der Waals surface area contributed by atoms with Crippen molar-refractivity contribution in [1.29, 1.82) is 0 Å². The average molecular weight is 176 g/mol. The standard InChI is InChI=1S/C6H6ClN.2Na.2H/c7-5-1-3-6(8)4-2-5;;;;/h1-4H,8H2;;;;/q;2*+1;2*-1. The van der Waals surface area contributed by atoms with Gasteiger partial charge < -0.3 is 8.59 Å². The van der Waals surface area contributed by atoms with Crippen LogP contribution in [0.25, 0.3) is 0 Å². The van der Waals surface area contributed by atoms with Gasteiger partial charge in [-0.05, 0) is 24.3 Å². The van der Waals surface area contributed by atoms with Crippen LogP contribution in [0.15, 0.2) is 24.3 Å². The SMILES string of the molecule is Nc1ccc(Cl)cc1.[H-].[H-].[Na+].[Na+]. The van der Waals surface area contributed by atoms with E-state index in [0.717, 1.165) is 10.7 Å². The van der Waals surface area contributed by atoms with Gasteiger partial charge in [0.15, 0.2) is 0 Å². The minimum absolute atomic E-state index is 0. The fourth-order valence-electron chi connectivity index (χ4n) is 0.463. The molecule has 0 aliphatic rings. The normalized spacial score (nSPS) is 7.30. The molecule has 0 unspecified atom stereocenters. The van der Waals surface area contributed by atoms with Gasteiger partial charge in [0.1, 0.15) is 0 Å². The van der Waals surface area contributed by atoms with Crippen molar-refractivity contribution in [3.63, 3.8) is 0 Å². The molecule has 1 aromatic carbocycles. The first-order valence-corrected chi connectivity index (χ1v) is 2.68. The third-order valence-electron chi connectivity index (χ3n) is 0.870. The zero-order chi connectivity index (χ0) is 5.98. The predicted molar refractivity (Wildman–Crippen MR) is 38.1 cm³/mol. The van der Waals surface area contributed by atoms with E-state index in [2.05, 4.69) is 0 Å². The molecule has 0 saturated carbocycles. The van der Waals surface area contributed by atoms with Crippen LogP contribution in [0.4, 0.5) is 5.69 Å². The largest absolute Gasteiger partial charge is 1.00 e. The maximum absolute atomic E-state index is 5.56. The van der Waals surface area contributed by atoms with Gasteiger partial charge in [0, 0.05) is 10.7 Å². The molecule has 0 saturated heterocycles. The molecule has 0 fully saturated rings. The van der Waals surface area contributed by atoms with Crippen LogP contribution < -0.4 is 64.8 Å². The van der Waals surface area contributed by atoms with Crippen LogP contribution >= 0.6 is 11.6 Å². The van der Waals surface area contributed by atoms with E-state index in [-0.39, 0.29) is 62.0 Å². The summed E-state index contributed by atoms with van der Waals surface area (Å²) in [5.41, 5.74) is 6.11. The molecule has 0 spiro atoms. The molecule has 46 valence electrons. The first-order chi connectivity index (χ1) is 3.79. The number of hydrogen-bond acceptors (Lipinski definition) is 1. The van der Waals surface area contributed by atoms with Crippen LogP contribution in [0.2, 0.25) is 5.02 Å². The van der Waals surface area contributed by atoms with Gasteiger partial charge in [-0.15, -0.1) is 0 Å². The Labute approximate surface area is 113 Å². The predicted octanol–water partition coefficient (Wildman–Crippen LogP) is -3.84. The molecular weight excluding hydrogens is 168 g/mol. The Morgan fingerprint density at radius 2 is 1.50 bits per heavy atom. The van der Waals surface area contributed by atoms with Crippen molar-refractivity contribution in [1.82, 2.24) is 0 Å². The molecule has 2 N–H and O–H groups in total. The fraction of sp³-hybridized carbons (Fsp3) is 0. The molecule has 0 heterocycles. The minimum Gasteiger partial charge on any atom is -1.00 e. The molecular formula is C6H8ClNNa2. The zero-order valence-electron chi connectivity index (χ0n) is 8.26. The van der Waals surface area contributed by atoms with Crippen LogP contribution in [0.3, 0.4) is 0 Å². The average Bonchev–Trinajstić information content (AvgIpc) is 1.77. The first kappa shape index (κ1) is 13.9. The fourth-order valence-corrected chi connectivity index (χ4v) is 0.589. The van der Waals surface area contributed by atoms with Gasteiger partial charge in [-0.3, -0.25) is 0 Å². The summed E-state index contributed by atoms with van der Waals surface area (Å²) in [6.45, 7) is 0. The van der Waals surface area contributed by atoms with Crippen molar-refractivity contribution < 1.29 is 62.0 Å². The minimum atomic E-state index is 0. The van der Waals surface area contributed by atoms with Crippen molar-refractivity contribution in [3.05, 3.63) is 29.3 Å². The molecule has 0 radical (unpaired) electrons. The molecule has 10 heavy (non-hydrogen) atoms. The number of rotatable bonds is 0. The van der Waals surface area contributed by atoms with Crippen molar-refractivity contribution >= 4 is 17.3 Å². The monoisotopic (exact) mass is 175 g/mol. The van der Waals surface area contributed by atoms with E-state index in [1.807, 2.05) is 0 Å². The van der Waals surface area contributed by atoms with Crippen LogP contribution in [0.5, 0.6) is 0 Å². The number of nitrogens with two attached hydrogens (primary N) is 1. The Morgan fingerprint density at radius 3 is 1.80 bits per heavy atom. The van der Waals surface area contributed by atoms with Crippen molar-refractivity contribution in [2.45, 2.75) is 0 Å². The molecule has 0 amide bonds. The zero-order valence-corrected chi connectivity index (χ0v) is 11.0. The second-order valence-corrected chi connectivity index (χ2v) is 1.99. The van der Waals surface area contributed by atoms with Gasteiger partial charge in [-0.2, -0.15) is 0 Å². The molecule has 1 nitrogen and oxygen atoms in total. The van der Waals surface area contributed by atoms with Gasteiger partial charge in [0.25, 0.3) is 0 Å². The Morgan fingerprint density at radius 1 is 1.10 bits per heavy atom. The molecule has 0 aromatic heterocycles. The van der Waals surface area contributed by atoms with E-state index in [1.165, 1.54) is 0 Å². The molecule has 4 heteroatoms. The number of benzene rings is 1. The van der Waals surface area contributed by atoms with Gasteiger partial charge in [-0.25, -0.2) is 0 Å². The van der Waals surface area contributed by atoms with Gasteiger partial charge in [0.2, 0.25) is 0 Å². The second-order valence-electron chi connectivity index (χ2n) is 1.55. The summed E-state index contributed by atoms with van der Waals surface area (Å²) in [5, 5.41) is 0.721. The van der Waals surface area contributed by atoms with Crippen molar-refractivity contribution in [2.75, 3.05) is 5.73 Å². The van der Waals surface area contributed by atoms with Gasteiger partial charge in [0.05, 0.1) is 0 Å². The van der Waals surface area contributed by atoms with Crippen LogP contribution in [-0.4, -0.2) is 0 Å². The number of anilines is 1. The van der Waals surface area contributed by atoms with Crippen LogP contribution in [-0.2, 0) is 0 Å². The smallest absolute Gasteiger partial charge is 1.00 e. The Balaban J connectivity index is -0.0000000800. The summed E-state index contributed by atoms with van der Waals surface area (Å²) >= 11 is 5.56. The maximum Gasteiger partial charge on any atom is 1.00 e. The molecule has 0 atom stereocenters. The van der Waals surface area contributed by atoms with E-state index in [9.17, 15) is 0 Å². The van der Waals surface area contributed by atoms with Crippen molar-refractivity contribution in [3.8, 4) is 0 Å². The quantitative estimate of drug-likeness (QED) is 0.317. The number of hydrogen-bond donors (Lipinski definition) is 1. The van der Waals surface area contributed by atoms with Crippen molar-refractivity contribution in [2.24, 2.45) is 0 Å². The molecule has 1 rings (SSSR count). The molecule has 0 aliphatic carbocycles. The summed E-state index contributed by atoms with van der Waals surface area (Å²) in [6.07, 6.45) is 0. The van der Waals surface area contributed by atoms with E-state index in [0.29, 0.717) is 0 Å². The summed E-state index contributed by atoms with van der Waals surface area (Å²) in [7, 11) is 0. The first-order valence-electron chi connectivity index (χ1n) is 2.30. The second kappa shape index (κ2) is 6.99. The molecule has 0 bridgehead atoms. The van der Waals surface area contributed by atoms with E-state index in [4.69, 9.17) is 17.3 Å². The summed E-state index contributed by atoms with van der Waals surface area (Å²) in [5.74, 6) is 0. The Kier molecular flexibility index (Phi) is 9.69. The Hall–Kier alpha value is 1.31. The van der Waals surface area contributed by atoms with Crippen LogP contribution in [0, 0.1) is 0 Å². The van der Waals surface area contributed by atoms with Crippen LogP contribution in [0.1, 0.15) is 2.85 Å². The summed E-state index contributed by atoms with van der Waals surface area (Å²) < 4.78 is 0. The third-order valence-corrected chi connectivity index (χ3v) is 1.12. The maximum atomic E-state index is 5.56. The topological polar surface area (TPSA) is 26.0 Å². The van der Waals surface area contributed by atoms with E-state index < -0.39 is 0 Å². The number of nitrogen functional groups attached to an aromatic ring is 1. The van der Waals surface area contributed by atoms with Gasteiger partial charge >= 0.3 is 59.1 Å². The van der Waals surface area contributed by atoms with E-state index in [1.54, 1.807) is 24.3 Å². The molecule has 0 aliphatic heterocycles. The number of halogens is 1. The summed E-state index contributed by atoms with van der Waals surface area (Å²) in [4.78, 5) is 0. The Bertz CT molecular complexity index is 162. The summed E-state index contributed by atoms with van der Waals surface area (Å²) in [6, 6.07) is 7.05.